The van der Waals surface area contributed by atoms with Crippen molar-refractivity contribution in [1.82, 2.24) is 37.2 Å². The van der Waals surface area contributed by atoms with E-state index in [0.29, 0.717) is 25.7 Å². The summed E-state index contributed by atoms with van der Waals surface area (Å²) in [5.41, 5.74) is 53.7. The summed E-state index contributed by atoms with van der Waals surface area (Å²) in [5, 5.41) is 18.9. The van der Waals surface area contributed by atoms with E-state index in [1.165, 1.54) is 0 Å². The van der Waals surface area contributed by atoms with Gasteiger partial charge in [0.1, 0.15) is 0 Å². The van der Waals surface area contributed by atoms with Crippen LogP contribution < -0.4 is 100 Å². The summed E-state index contributed by atoms with van der Waals surface area (Å²) in [7, 11) is 11.7. The van der Waals surface area contributed by atoms with Gasteiger partial charge in [-0.15, -0.1) is 0 Å². The number of hydrogen-bond acceptors (Lipinski definition) is 18. The standard InChI is InChI=1S/3C6H13N2O.C5H12N2O.3C4H9N2O.C4H10N2O.C3H7N2O.CH3.U.3V.3W.Y/c3*1-3-4-5(8-2)6(7)9;1-3-4(7-2)5(6)8;3*1-3(6-2)4(5)7;1-2-3(5)4(6)7;1-2(4)3(5)6;;;;;;;;;/h3*5,8H,1,3-4H2,2H3,(H2,7,9);4,7H,3H2,1-2H3,(H2,6,8);3*3,6H,1H2,2H3,(H2,5,7);3H,2,5H2,1H3,(H2,6,7);2H,1,4H2,(H2,5,6);1H3;;;;;;;;/q3*-1;;3*-1;;2*-1;+2;;;;;;;. The number of hydrogen-bond donors (Lipinski definition) is 18. The molecule has 4 radical (unpaired) electrons. The smallest absolute Gasteiger partial charge is 0.371 e. The van der Waals surface area contributed by atoms with Crippen molar-refractivity contribution in [2.24, 2.45) is 63.1 Å². The zero-order valence-electron chi connectivity index (χ0n) is 47.5. The second kappa shape index (κ2) is 94.2. The second-order valence-electron chi connectivity index (χ2n) is 13.5. The van der Waals surface area contributed by atoms with E-state index < -0.39 is 59.7 Å². The molecule has 0 spiro atoms. The van der Waals surface area contributed by atoms with Crippen LogP contribution in [-0.4, -0.2) is 157 Å². The van der Waals surface area contributed by atoms with Crippen molar-refractivity contribution in [3.05, 3.63) is 55.9 Å². The Morgan fingerprint density at radius 1 is 0.372 bits per heavy atom. The molecule has 0 heterocycles. The molecule has 27 nitrogen and oxygen atoms in total. The number of carbonyl (C=O) groups is 9. The topological polar surface area (TPSA) is 524 Å². The molecule has 29 N–H and O–H groups in total. The summed E-state index contributed by atoms with van der Waals surface area (Å²) in [6.45, 7) is 27.8. The van der Waals surface area contributed by atoms with Gasteiger partial charge in [0.05, 0.1) is 30.2 Å². The van der Waals surface area contributed by atoms with E-state index in [-0.39, 0.29) is 238 Å². The quantitative estimate of drug-likeness (QED) is 0.0400. The number of nitrogens with one attached hydrogen (secondary N) is 7. The van der Waals surface area contributed by atoms with Gasteiger partial charge >= 0.3 is 31.1 Å². The van der Waals surface area contributed by atoms with Gasteiger partial charge in [-0.2, -0.15) is 19.3 Å². The minimum Gasteiger partial charge on any atom is -0.371 e. The molecule has 0 aromatic carbocycles. The summed E-state index contributed by atoms with van der Waals surface area (Å²) in [6.07, 6.45) is 5.71. The minimum absolute atomic E-state index is 0. The predicted octanol–water partition coefficient (Wildman–Crippen LogP) is -6.55. The molecule has 78 heavy (non-hydrogen) atoms. The number of rotatable bonds is 24. The Morgan fingerprint density at radius 2 is 0.551 bits per heavy atom. The fourth-order valence-corrected chi connectivity index (χ4v) is 3.07. The molecular weight excluding hydrogens is 1940 g/mol. The van der Waals surface area contributed by atoms with Gasteiger partial charge in [0.25, 0.3) is 0 Å². The maximum absolute atomic E-state index is 10.5. The normalized spacial score (nSPS) is 11.8. The van der Waals surface area contributed by atoms with Crippen molar-refractivity contribution in [2.75, 3.05) is 49.3 Å². The Hall–Kier alpha value is 0.844. The first-order valence-corrected chi connectivity index (χ1v) is 21.3. The molecule has 9 unspecified atom stereocenters. The van der Waals surface area contributed by atoms with Crippen LogP contribution in [0.4, 0.5) is 0 Å². The molecule has 0 fully saturated rings. The maximum Gasteiger partial charge on any atom is 2.00 e. The zero-order valence-corrected chi connectivity index (χ0v) is 67.5. The van der Waals surface area contributed by atoms with Crippen LogP contribution in [0.25, 0.3) is 0 Å². The van der Waals surface area contributed by atoms with Crippen molar-refractivity contribution in [3.8, 4) is 0 Å². The van der Waals surface area contributed by atoms with Crippen LogP contribution in [-0.2, 0) is 195 Å². The first-order chi connectivity index (χ1) is 31.7. The summed E-state index contributed by atoms with van der Waals surface area (Å²) in [4.78, 5) is 91.5. The van der Waals surface area contributed by atoms with Crippen LogP contribution in [0.5, 0.6) is 0 Å². The van der Waals surface area contributed by atoms with Gasteiger partial charge < -0.3 is 156 Å². The molecule has 460 valence electrons. The van der Waals surface area contributed by atoms with E-state index in [2.05, 4.69) is 91.4 Å². The Morgan fingerprint density at radius 3 is 0.564 bits per heavy atom. The van der Waals surface area contributed by atoms with Gasteiger partial charge in [0.2, 0.25) is 53.2 Å². The fourth-order valence-electron chi connectivity index (χ4n) is 3.07. The van der Waals surface area contributed by atoms with E-state index >= 15 is 0 Å². The van der Waals surface area contributed by atoms with Crippen LogP contribution >= 0.6 is 0 Å². The van der Waals surface area contributed by atoms with E-state index in [9.17, 15) is 43.2 Å². The van der Waals surface area contributed by atoms with Crippen molar-refractivity contribution < 1.29 is 226 Å². The summed E-state index contributed by atoms with van der Waals surface area (Å²) < 4.78 is 0. The Labute approximate surface area is 597 Å². The Kier molecular flexibility index (Phi) is 156. The zero-order chi connectivity index (χ0) is 57.0. The molecule has 0 aliphatic rings. The minimum atomic E-state index is -0.759. The summed E-state index contributed by atoms with van der Waals surface area (Å²) in [5.74, 6) is -3.48. The number of carbonyl (C=O) groups excluding carboxylic acids is 9. The first kappa shape index (κ1) is 129. The second-order valence-corrected chi connectivity index (χ2v) is 13.5. The Bertz CT molecular complexity index is 1230. The third-order valence-electron chi connectivity index (χ3n) is 7.90. The van der Waals surface area contributed by atoms with Gasteiger partial charge in [-0.3, -0.25) is 43.2 Å². The van der Waals surface area contributed by atoms with E-state index in [0.717, 1.165) is 25.7 Å². The predicted molar refractivity (Wildman–Crippen MR) is 281 cm³/mol. The maximum atomic E-state index is 10.5. The molecule has 9 atom stereocenters. The summed E-state index contributed by atoms with van der Waals surface area (Å²) in [6, 6.07) is -3.37. The molecule has 35 heteroatoms. The van der Waals surface area contributed by atoms with Crippen LogP contribution in [0.1, 0.15) is 65.2 Å². The average molecular weight is 2040 g/mol. The van der Waals surface area contributed by atoms with Gasteiger partial charge in [0, 0.05) is 152 Å². The molecule has 0 saturated carbocycles. The Balaban J connectivity index is -0.0000000321. The van der Waals surface area contributed by atoms with E-state index in [1.807, 2.05) is 13.8 Å². The SMILES string of the molecule is CCC(N)C(N)=O.CCC(NC)C(N)=O.[CH2-]C(N)C(N)=O.[CH2-]C(NC)C(N)=O.[CH2-]C(NC)C(N)=O.[CH2-]C(NC)C(N)=O.[CH2-]CCC(NC)C(N)=O.[CH2-]CCC(NC)C(N)=O.[CH2-]CCC(NC)C(N)=O.[CH3-].[U+2].[V].[V].[V].[W].[W].[W].[Y]. The van der Waals surface area contributed by atoms with Gasteiger partial charge in [-0.1, -0.05) is 33.1 Å². The molecule has 0 aliphatic heterocycles. The van der Waals surface area contributed by atoms with Crippen LogP contribution in [0, 0.1) is 87.0 Å². The molecule has 0 bridgehead atoms. The molecular formula is C43H98N18O9UV3W3Y-6. The van der Waals surface area contributed by atoms with Gasteiger partial charge in [-0.05, 0) is 86.3 Å². The van der Waals surface area contributed by atoms with Crippen molar-refractivity contribution in [3.63, 3.8) is 0 Å². The van der Waals surface area contributed by atoms with Crippen LogP contribution in [0.3, 0.4) is 0 Å². The first-order valence-electron chi connectivity index (χ1n) is 21.3. The fraction of sp³-hybridized carbons (Fsp3) is 0.605. The van der Waals surface area contributed by atoms with Gasteiger partial charge in [0.15, 0.2) is 0 Å². The number of nitrogens with two attached hydrogens (primary N) is 11. The van der Waals surface area contributed by atoms with Crippen LogP contribution in [0.2, 0.25) is 0 Å². The summed E-state index contributed by atoms with van der Waals surface area (Å²) >= 11 is 0. The van der Waals surface area contributed by atoms with Gasteiger partial charge in [-0.25, -0.2) is 0 Å². The number of likely N-dealkylation sites (N-methyl/N-ethyl adjacent to an activating group) is 7. The number of primary amides is 9. The molecule has 0 aliphatic carbocycles. The van der Waals surface area contributed by atoms with Crippen LogP contribution in [0.15, 0.2) is 0 Å². The third-order valence-corrected chi connectivity index (χ3v) is 7.90. The molecule has 0 aromatic heterocycles. The van der Waals surface area contributed by atoms with Crippen molar-refractivity contribution in [2.45, 2.75) is 120 Å². The third kappa shape index (κ3) is 108. The molecule has 0 rings (SSSR count). The van der Waals surface area contributed by atoms with E-state index in [4.69, 9.17) is 57.3 Å². The molecule has 0 aromatic rings. The molecule has 9 amide bonds. The number of amides is 9. The van der Waals surface area contributed by atoms with Crippen molar-refractivity contribution in [1.29, 1.82) is 0 Å². The monoisotopic (exact) mass is 2040 g/mol. The largest absolute Gasteiger partial charge is 2.00 e. The average Bonchev–Trinajstić information content (AvgIpc) is 3.29. The molecule has 0 saturated heterocycles. The van der Waals surface area contributed by atoms with Crippen molar-refractivity contribution >= 4 is 53.2 Å². The van der Waals surface area contributed by atoms with E-state index in [1.54, 1.807) is 49.3 Å².